The smallest absolute Gasteiger partial charge is 0.322 e. The highest BCUT2D eigenvalue weighted by atomic mass is 16.5. The van der Waals surface area contributed by atoms with Crippen LogP contribution in [0.25, 0.3) is 0 Å². The molecule has 0 saturated carbocycles. The lowest BCUT2D eigenvalue weighted by Gasteiger charge is -2.38. The Bertz CT molecular complexity index is 809. The maximum Gasteiger partial charge on any atom is 0.322 e. The van der Waals surface area contributed by atoms with Crippen LogP contribution in [-0.2, 0) is 10.3 Å². The first-order valence-corrected chi connectivity index (χ1v) is 7.34. The Labute approximate surface area is 134 Å². The molecule has 1 saturated heterocycles. The van der Waals surface area contributed by atoms with Crippen LogP contribution >= 0.6 is 0 Å². The molecule has 23 heavy (non-hydrogen) atoms. The van der Waals surface area contributed by atoms with E-state index in [2.05, 4.69) is 10.6 Å². The van der Waals surface area contributed by atoms with Crippen molar-refractivity contribution in [2.24, 2.45) is 0 Å². The Balaban J connectivity index is 1.86. The number of benzene rings is 2. The minimum atomic E-state index is -1.15. The molecule has 2 unspecified atom stereocenters. The van der Waals surface area contributed by atoms with Gasteiger partial charge in [0.25, 0.3) is 5.91 Å². The second-order valence-electron chi connectivity index (χ2n) is 5.79. The molecule has 4 rings (SSSR count). The topological polar surface area (TPSA) is 67.4 Å². The lowest BCUT2D eigenvalue weighted by molar-refractivity contribution is -0.126. The number of hydrogen-bond acceptors (Lipinski definition) is 3. The number of carbonyl (C=O) groups excluding carboxylic acids is 2. The third-order valence-electron chi connectivity index (χ3n) is 4.34. The van der Waals surface area contributed by atoms with E-state index in [1.54, 1.807) is 18.2 Å². The zero-order chi connectivity index (χ0) is 16.0. The lowest BCUT2D eigenvalue weighted by Crippen LogP contribution is -2.48. The summed E-state index contributed by atoms with van der Waals surface area (Å²) in [6.07, 6.45) is -0.0260. The van der Waals surface area contributed by atoms with Gasteiger partial charge in [0, 0.05) is 12.0 Å². The van der Waals surface area contributed by atoms with Crippen LogP contribution in [0.15, 0.2) is 48.5 Å². The van der Waals surface area contributed by atoms with Gasteiger partial charge in [-0.3, -0.25) is 10.1 Å². The van der Waals surface area contributed by atoms with E-state index in [1.807, 2.05) is 30.3 Å². The van der Waals surface area contributed by atoms with Crippen LogP contribution in [0.4, 0.5) is 4.79 Å². The molecule has 2 aromatic rings. The highest BCUT2D eigenvalue weighted by Crippen LogP contribution is 2.45. The van der Waals surface area contributed by atoms with E-state index in [9.17, 15) is 9.59 Å². The molecule has 112 valence electrons. The number of urea groups is 1. The number of fused-ring (bicyclic) bond motifs is 2. The first-order chi connectivity index (χ1) is 11.1. The molecule has 2 N–H and O–H groups in total. The van der Waals surface area contributed by atoms with Crippen molar-refractivity contribution >= 4 is 25.2 Å². The molecule has 6 heteroatoms. The van der Waals surface area contributed by atoms with Crippen molar-refractivity contribution in [3.05, 3.63) is 59.7 Å². The molecule has 2 aliphatic rings. The summed E-state index contributed by atoms with van der Waals surface area (Å²) in [7, 11) is 5.86. The van der Waals surface area contributed by atoms with Gasteiger partial charge in [0.1, 0.15) is 19.7 Å². The Morgan fingerprint density at radius 2 is 1.91 bits per heavy atom. The SMILES string of the molecule is [B]c1ccc2c(c1)C1(CC(c3ccccc3)O2)NC(=O)NC1=O. The molecule has 1 fully saturated rings. The number of rotatable bonds is 1. The quantitative estimate of drug-likeness (QED) is 0.611. The molecular formula is C17H13BN2O3. The summed E-state index contributed by atoms with van der Waals surface area (Å²) >= 11 is 0. The van der Waals surface area contributed by atoms with Crippen molar-refractivity contribution < 1.29 is 14.3 Å². The van der Waals surface area contributed by atoms with Crippen molar-refractivity contribution in [2.45, 2.75) is 18.1 Å². The lowest BCUT2D eigenvalue weighted by atomic mass is 9.78. The third-order valence-corrected chi connectivity index (χ3v) is 4.34. The molecule has 2 atom stereocenters. The Hall–Kier alpha value is -2.76. The van der Waals surface area contributed by atoms with Gasteiger partial charge in [-0.15, -0.1) is 0 Å². The zero-order valence-electron chi connectivity index (χ0n) is 12.2. The predicted molar refractivity (Wildman–Crippen MR) is 84.6 cm³/mol. The normalized spacial score (nSPS) is 25.5. The first-order valence-electron chi connectivity index (χ1n) is 7.34. The van der Waals surface area contributed by atoms with Crippen molar-refractivity contribution in [2.75, 3.05) is 0 Å². The molecule has 0 bridgehead atoms. The fraction of sp³-hybridized carbons (Fsp3) is 0.176. The van der Waals surface area contributed by atoms with Crippen molar-refractivity contribution in [3.63, 3.8) is 0 Å². The fourth-order valence-electron chi connectivity index (χ4n) is 3.25. The van der Waals surface area contributed by atoms with E-state index >= 15 is 0 Å². The summed E-state index contributed by atoms with van der Waals surface area (Å²) < 4.78 is 6.06. The number of amides is 3. The van der Waals surface area contributed by atoms with E-state index in [1.165, 1.54) is 0 Å². The first kappa shape index (κ1) is 13.9. The molecular weight excluding hydrogens is 291 g/mol. The number of nitrogens with one attached hydrogen (secondary N) is 2. The van der Waals surface area contributed by atoms with E-state index in [4.69, 9.17) is 12.6 Å². The summed E-state index contributed by atoms with van der Waals surface area (Å²) in [6, 6.07) is 14.3. The Kier molecular flexibility index (Phi) is 2.94. The maximum atomic E-state index is 12.5. The van der Waals surface area contributed by atoms with Gasteiger partial charge in [0.15, 0.2) is 5.54 Å². The highest BCUT2D eigenvalue weighted by molar-refractivity contribution is 6.32. The van der Waals surface area contributed by atoms with E-state index in [0.29, 0.717) is 23.2 Å². The van der Waals surface area contributed by atoms with E-state index < -0.39 is 11.6 Å². The number of ether oxygens (including phenoxy) is 1. The average molecular weight is 304 g/mol. The summed E-state index contributed by atoms with van der Waals surface area (Å²) in [6.45, 7) is 0. The van der Waals surface area contributed by atoms with Gasteiger partial charge in [-0.1, -0.05) is 47.9 Å². The van der Waals surface area contributed by atoms with Crippen LogP contribution in [0.5, 0.6) is 5.75 Å². The number of hydrogen-bond donors (Lipinski definition) is 2. The minimum absolute atomic E-state index is 0.311. The van der Waals surface area contributed by atoms with Gasteiger partial charge >= 0.3 is 6.03 Å². The second kappa shape index (κ2) is 4.88. The average Bonchev–Trinajstić information content (AvgIpc) is 2.83. The molecule has 1 spiro atoms. The molecule has 2 heterocycles. The molecule has 2 aromatic carbocycles. The van der Waals surface area contributed by atoms with Crippen LogP contribution in [0.2, 0.25) is 0 Å². The van der Waals surface area contributed by atoms with Gasteiger partial charge in [0.2, 0.25) is 0 Å². The summed E-state index contributed by atoms with van der Waals surface area (Å²) in [5.41, 5.74) is 0.899. The summed E-state index contributed by atoms with van der Waals surface area (Å²) in [5.74, 6) is 0.176. The summed E-state index contributed by atoms with van der Waals surface area (Å²) in [5, 5.41) is 5.09. The zero-order valence-corrected chi connectivity index (χ0v) is 12.2. The van der Waals surface area contributed by atoms with Crippen LogP contribution in [-0.4, -0.2) is 19.8 Å². The molecule has 0 aromatic heterocycles. The van der Waals surface area contributed by atoms with Crippen LogP contribution < -0.4 is 20.8 Å². The summed E-state index contributed by atoms with van der Waals surface area (Å²) in [4.78, 5) is 24.3. The molecule has 2 aliphatic heterocycles. The third kappa shape index (κ3) is 2.10. The standard InChI is InChI=1S/C17H13BN2O3/c18-11-6-7-13-12(8-11)17(15(21)19-16(22)20-17)9-14(23-13)10-4-2-1-3-5-10/h1-8,14H,9H2,(H2,19,20,21,22). The number of imide groups is 1. The minimum Gasteiger partial charge on any atom is -0.485 e. The maximum absolute atomic E-state index is 12.5. The van der Waals surface area contributed by atoms with Crippen LogP contribution in [0, 0.1) is 0 Å². The van der Waals surface area contributed by atoms with E-state index in [0.717, 1.165) is 5.56 Å². The Morgan fingerprint density at radius 3 is 2.61 bits per heavy atom. The second-order valence-corrected chi connectivity index (χ2v) is 5.79. The van der Waals surface area contributed by atoms with Crippen molar-refractivity contribution in [1.82, 2.24) is 10.6 Å². The molecule has 0 aliphatic carbocycles. The van der Waals surface area contributed by atoms with Gasteiger partial charge in [-0.2, -0.15) is 0 Å². The molecule has 3 amide bonds. The fourth-order valence-corrected chi connectivity index (χ4v) is 3.25. The predicted octanol–water partition coefficient (Wildman–Crippen LogP) is 1.04. The van der Waals surface area contributed by atoms with Gasteiger partial charge < -0.3 is 10.1 Å². The molecule has 2 radical (unpaired) electrons. The van der Waals surface area contributed by atoms with Gasteiger partial charge in [-0.25, -0.2) is 4.79 Å². The Morgan fingerprint density at radius 1 is 1.13 bits per heavy atom. The number of carbonyl (C=O) groups is 2. The largest absolute Gasteiger partial charge is 0.485 e. The van der Waals surface area contributed by atoms with Crippen LogP contribution in [0.3, 0.4) is 0 Å². The highest BCUT2D eigenvalue weighted by Gasteiger charge is 2.53. The van der Waals surface area contributed by atoms with Gasteiger partial charge in [-0.05, 0) is 11.6 Å². The van der Waals surface area contributed by atoms with Crippen LogP contribution in [0.1, 0.15) is 23.7 Å². The molecule has 5 nitrogen and oxygen atoms in total. The van der Waals surface area contributed by atoms with Crippen molar-refractivity contribution in [3.8, 4) is 5.75 Å². The van der Waals surface area contributed by atoms with Crippen molar-refractivity contribution in [1.29, 1.82) is 0 Å². The van der Waals surface area contributed by atoms with Gasteiger partial charge in [0.05, 0.1) is 0 Å². The van der Waals surface area contributed by atoms with E-state index in [-0.39, 0.29) is 12.0 Å². The monoisotopic (exact) mass is 304 g/mol.